The molecule has 0 N–H and O–H groups in total. The summed E-state index contributed by atoms with van der Waals surface area (Å²) in [6.45, 7) is 131. The molecule has 1 saturated heterocycles. The minimum Gasteiger partial charge on any atom is -0.416 e. The van der Waals surface area contributed by atoms with Crippen LogP contribution in [0.15, 0.2) is 0 Å². The van der Waals surface area contributed by atoms with Gasteiger partial charge in [0.25, 0.3) is 0 Å². The van der Waals surface area contributed by atoms with Crippen molar-refractivity contribution in [3.05, 3.63) is 0 Å². The van der Waals surface area contributed by atoms with Crippen molar-refractivity contribution in [3.63, 3.8) is 0 Å². The third kappa shape index (κ3) is 57.5. The highest BCUT2D eigenvalue weighted by Crippen LogP contribution is 2.40. The molecule has 0 aromatic rings. The average molecular weight is 2370 g/mol. The van der Waals surface area contributed by atoms with Crippen molar-refractivity contribution < 1.29 is 132 Å². The van der Waals surface area contributed by atoms with Crippen LogP contribution in [0.2, 0.25) is 419 Å². The molecule has 1 fully saturated rings. The third-order valence-electron chi connectivity index (χ3n) is 15.7. The van der Waals surface area contributed by atoms with E-state index in [0.717, 1.165) is 0 Å². The van der Waals surface area contributed by atoms with Gasteiger partial charge in [0, 0.05) is 0 Å². The summed E-state index contributed by atoms with van der Waals surface area (Å²) in [7, 11) is -94.3. The zero-order valence-corrected chi connectivity index (χ0v) is 125. The van der Waals surface area contributed by atoms with Crippen molar-refractivity contribution in [2.45, 2.75) is 419 Å². The van der Waals surface area contributed by atoms with Crippen molar-refractivity contribution in [3.8, 4) is 0 Å². The maximum atomic E-state index is 7.04. The predicted octanol–water partition coefficient (Wildman–Crippen LogP) is 23.0. The highest BCUT2D eigenvalue weighted by molar-refractivity contribution is 7.00. The van der Waals surface area contributed by atoms with E-state index >= 15 is 0 Å². The lowest BCUT2D eigenvalue weighted by Gasteiger charge is -2.45. The molecule has 0 bridgehead atoms. The number of hydrogen-bond acceptors (Lipinski definition) is 32. The van der Waals surface area contributed by atoms with Gasteiger partial charge in [-0.15, -0.1) is 0 Å². The Bertz CT molecular complexity index is 2310. The van der Waals surface area contributed by atoms with Gasteiger partial charge in [-0.3, -0.25) is 0 Å². The number of hydrogen-bond donors (Lipinski definition) is 0. The van der Waals surface area contributed by atoms with Gasteiger partial charge < -0.3 is 132 Å². The van der Waals surface area contributed by atoms with Gasteiger partial charge >= 0.3 is 274 Å². The minimum absolute atomic E-state index is 2.05. The smallest absolute Gasteiger partial charge is 0.314 e. The van der Waals surface area contributed by atoms with Gasteiger partial charge in [0.1, 0.15) is 0 Å². The molecular weight excluding hydrogens is 2180 g/mol. The van der Waals surface area contributed by atoms with Crippen LogP contribution >= 0.6 is 0 Å². The van der Waals surface area contributed by atoms with Crippen LogP contribution in [0, 0.1) is 0 Å². The molecule has 0 saturated carbocycles. The van der Waals surface area contributed by atoms with E-state index < -0.39 is 274 Å². The van der Waals surface area contributed by atoms with Gasteiger partial charge in [0.05, 0.1) is 0 Å². The molecule has 64 heteroatoms. The summed E-state index contributed by atoms with van der Waals surface area (Å²) in [5.74, 6) is 0. The van der Waals surface area contributed by atoms with Gasteiger partial charge in [0.2, 0.25) is 0 Å². The van der Waals surface area contributed by atoms with Gasteiger partial charge in [-0.2, -0.15) is 0 Å². The quantitative estimate of drug-likeness (QED) is 0.204. The molecule has 1 aliphatic rings. The van der Waals surface area contributed by atoms with Crippen molar-refractivity contribution in [1.82, 2.24) is 0 Å². The van der Waals surface area contributed by atoms with Crippen LogP contribution in [0.3, 0.4) is 0 Å². The highest BCUT2D eigenvalue weighted by atomic mass is 28.6. The fraction of sp³-hybridized carbons (Fsp3) is 1.00. The molecule has 1 rings (SSSR count). The molecular formula is C64H192O32Si32. The predicted molar refractivity (Wildman–Crippen MR) is 594 cm³/mol. The van der Waals surface area contributed by atoms with E-state index in [2.05, 4.69) is 419 Å². The second-order valence-electron chi connectivity index (χ2n) is 48.1. The Kier molecular flexibility index (Phi) is 44.8. The van der Waals surface area contributed by atoms with Gasteiger partial charge in [-0.25, -0.2) is 0 Å². The molecule has 0 radical (unpaired) electrons. The first kappa shape index (κ1) is 132. The summed E-state index contributed by atoms with van der Waals surface area (Å²) in [6.07, 6.45) is 0. The Morgan fingerprint density at radius 3 is 0.0781 bits per heavy atom. The van der Waals surface area contributed by atoms with Crippen molar-refractivity contribution >= 4 is 274 Å². The number of rotatable bonds is 0. The maximum absolute atomic E-state index is 7.04. The summed E-state index contributed by atoms with van der Waals surface area (Å²) in [5, 5.41) is 0. The van der Waals surface area contributed by atoms with E-state index in [1.165, 1.54) is 0 Å². The standard InChI is InChI=1S/C64H192O32Si32/c1-97(2)65-98(3,4)67-100(7,8)69-102(11,12)71-104(15,16)73-106(19,20)75-108(23,24)77-110(27,28)79-112(31,32)81-114(35,36)83-116(39,40)85-118(43,44)87-120(47,48)89-122(51,52)91-124(55,56)93-126(59,60)95-128(63,64)96-127(61,62)94-125(57,58)92-123(53,54)90-121(49,50)88-119(45,46)86-117(41,42)84-115(37,38)82-113(33,34)80-111(29,30)78-109(25,26)76-107(21,22)74-105(17,18)72-103(13,14)70-101(9,10)68-99(5,6)66-97/h1-64H3. The lowest BCUT2D eigenvalue weighted by molar-refractivity contribution is 0.242. The van der Waals surface area contributed by atoms with Crippen LogP contribution in [0.4, 0.5) is 0 Å². The van der Waals surface area contributed by atoms with E-state index in [9.17, 15) is 0 Å². The van der Waals surface area contributed by atoms with Crippen molar-refractivity contribution in [1.29, 1.82) is 0 Å². The zero-order chi connectivity index (χ0) is 103. The van der Waals surface area contributed by atoms with Crippen LogP contribution in [0.5, 0.6) is 0 Å². The van der Waals surface area contributed by atoms with Gasteiger partial charge in [-0.1, -0.05) is 0 Å². The average Bonchev–Trinajstić information content (AvgIpc) is 0.799. The molecule has 1 aliphatic heterocycles. The fourth-order valence-corrected chi connectivity index (χ4v) is 188. The lowest BCUT2D eigenvalue weighted by atomic mass is 11.9. The van der Waals surface area contributed by atoms with Gasteiger partial charge in [-0.05, 0) is 419 Å². The Morgan fingerprint density at radius 1 is 0.0469 bits per heavy atom. The highest BCUT2D eigenvalue weighted by Gasteiger charge is 2.60. The first-order valence-electron chi connectivity index (χ1n) is 45.1. The Balaban J connectivity index is 3.82. The minimum atomic E-state index is -2.95. The van der Waals surface area contributed by atoms with E-state index in [-0.39, 0.29) is 0 Å². The summed E-state index contributed by atoms with van der Waals surface area (Å²) in [4.78, 5) is 0. The molecule has 32 nitrogen and oxygen atoms in total. The van der Waals surface area contributed by atoms with Crippen molar-refractivity contribution in [2.75, 3.05) is 0 Å². The van der Waals surface area contributed by atoms with Crippen molar-refractivity contribution in [2.24, 2.45) is 0 Å². The van der Waals surface area contributed by atoms with Crippen LogP contribution in [-0.2, 0) is 132 Å². The third-order valence-corrected chi connectivity index (χ3v) is 142. The van der Waals surface area contributed by atoms with E-state index in [4.69, 9.17) is 132 Å². The maximum Gasteiger partial charge on any atom is 0.314 e. The topological polar surface area (TPSA) is 295 Å². The molecule has 0 amide bonds. The zero-order valence-electron chi connectivity index (χ0n) is 93.1. The van der Waals surface area contributed by atoms with Gasteiger partial charge in [0.15, 0.2) is 0 Å². The van der Waals surface area contributed by atoms with E-state index in [1.54, 1.807) is 0 Å². The second kappa shape index (κ2) is 43.6. The molecule has 0 aliphatic carbocycles. The van der Waals surface area contributed by atoms with Crippen LogP contribution in [-0.4, -0.2) is 274 Å². The fourth-order valence-electron chi connectivity index (χ4n) is 19.6. The molecule has 0 aromatic heterocycles. The molecule has 0 unspecified atom stereocenters. The molecule has 0 spiro atoms. The summed E-state index contributed by atoms with van der Waals surface area (Å²) >= 11 is 0. The Morgan fingerprint density at radius 2 is 0.0625 bits per heavy atom. The first-order valence-corrected chi connectivity index (χ1v) is 135. The monoisotopic (exact) mass is 2370 g/mol. The first-order chi connectivity index (χ1) is 54.6. The lowest BCUT2D eigenvalue weighted by Crippen LogP contribution is -2.63. The second-order valence-corrected chi connectivity index (χ2v) is 164. The molecule has 768 valence electrons. The molecule has 0 atom stereocenters. The molecule has 0 aromatic carbocycles. The molecule has 128 heavy (non-hydrogen) atoms. The van der Waals surface area contributed by atoms with E-state index in [0.29, 0.717) is 0 Å². The summed E-state index contributed by atoms with van der Waals surface area (Å²) in [5.41, 5.74) is 0. The summed E-state index contributed by atoms with van der Waals surface area (Å²) < 4.78 is 225. The Labute approximate surface area is 816 Å². The van der Waals surface area contributed by atoms with Crippen LogP contribution in [0.1, 0.15) is 0 Å². The van der Waals surface area contributed by atoms with E-state index in [1.807, 2.05) is 0 Å². The summed E-state index contributed by atoms with van der Waals surface area (Å²) in [6, 6.07) is 0. The molecule has 1 heterocycles. The Hall–Kier alpha value is 5.66. The normalized spacial score (nSPS) is 31.5. The van der Waals surface area contributed by atoms with Crippen LogP contribution < -0.4 is 0 Å². The SMILES string of the molecule is C[Si]1(C)O[Si](C)(C)O[Si](C)(C)O[Si](C)(C)O[Si](C)(C)O[Si](C)(C)O[Si](C)(C)O[Si](C)(C)O[Si](C)(C)O[Si](C)(C)O[Si](C)(C)O[Si](C)(C)O[Si](C)(C)O[Si](C)(C)O[Si](C)(C)O[Si](C)(C)O[Si](C)(C)O[Si](C)(C)O[Si](C)(C)O[Si](C)(C)O[Si](C)(C)O[Si](C)(C)O[Si](C)(C)O[Si](C)(C)O[Si](C)(C)O[Si](C)(C)O[Si](C)(C)O[Si](C)(C)O[Si](C)(C)O[Si](C)(C)O[Si](C)(C)O[Si](C)(C)O1. The largest absolute Gasteiger partial charge is 0.416 e. The van der Waals surface area contributed by atoms with Crippen LogP contribution in [0.25, 0.3) is 0 Å².